The van der Waals surface area contributed by atoms with Gasteiger partial charge in [-0.15, -0.1) is 0 Å². The number of para-hydroxylation sites is 1. The summed E-state index contributed by atoms with van der Waals surface area (Å²) in [6, 6.07) is 11.7. The quantitative estimate of drug-likeness (QED) is 0.811. The molecule has 3 nitrogen and oxygen atoms in total. The number of nitrogen functional groups attached to an aromatic ring is 1. The molecule has 3 N–H and O–H groups in total. The Labute approximate surface area is 105 Å². The van der Waals surface area contributed by atoms with E-state index in [1.165, 1.54) is 12.1 Å². The van der Waals surface area contributed by atoms with Crippen LogP contribution in [0.2, 0.25) is 0 Å². The number of rotatable bonds is 4. The lowest BCUT2D eigenvalue weighted by Crippen LogP contribution is -2.01. The molecule has 0 spiro atoms. The van der Waals surface area contributed by atoms with Gasteiger partial charge in [-0.05, 0) is 37.3 Å². The second kappa shape index (κ2) is 5.40. The number of halogens is 1. The molecule has 0 aliphatic rings. The van der Waals surface area contributed by atoms with Crippen LogP contribution in [0.5, 0.6) is 5.75 Å². The minimum absolute atomic E-state index is 0.292. The zero-order valence-corrected chi connectivity index (χ0v) is 10.1. The van der Waals surface area contributed by atoms with E-state index < -0.39 is 0 Å². The van der Waals surface area contributed by atoms with Gasteiger partial charge in [0.15, 0.2) is 0 Å². The Morgan fingerprint density at radius 1 is 1.22 bits per heavy atom. The van der Waals surface area contributed by atoms with Gasteiger partial charge in [0, 0.05) is 5.69 Å². The molecule has 0 bridgehead atoms. The van der Waals surface area contributed by atoms with Crippen LogP contribution < -0.4 is 15.8 Å². The maximum Gasteiger partial charge on any atom is 0.144 e. The van der Waals surface area contributed by atoms with Crippen molar-refractivity contribution in [2.24, 2.45) is 0 Å². The lowest BCUT2D eigenvalue weighted by molar-refractivity contribution is 0.342. The molecule has 0 heterocycles. The molecule has 0 amide bonds. The first-order valence-electron chi connectivity index (χ1n) is 5.74. The van der Waals surface area contributed by atoms with Gasteiger partial charge in [0.2, 0.25) is 0 Å². The van der Waals surface area contributed by atoms with Crippen molar-refractivity contribution >= 4 is 17.1 Å². The Balaban J connectivity index is 2.26. The van der Waals surface area contributed by atoms with Gasteiger partial charge < -0.3 is 15.8 Å². The number of anilines is 3. The normalized spacial score (nSPS) is 10.1. The first-order chi connectivity index (χ1) is 8.70. The molecule has 0 unspecified atom stereocenters. The molecular formula is C14H15FN2O. The van der Waals surface area contributed by atoms with Crippen LogP contribution in [0.15, 0.2) is 42.5 Å². The van der Waals surface area contributed by atoms with Gasteiger partial charge in [0.25, 0.3) is 0 Å². The highest BCUT2D eigenvalue weighted by Gasteiger charge is 2.06. The summed E-state index contributed by atoms with van der Waals surface area (Å²) in [5.74, 6) is 0.332. The molecule has 2 aromatic rings. The van der Waals surface area contributed by atoms with E-state index in [9.17, 15) is 4.39 Å². The highest BCUT2D eigenvalue weighted by molar-refractivity contribution is 5.77. The molecule has 0 saturated heterocycles. The molecule has 4 heteroatoms. The molecule has 0 saturated carbocycles. The van der Waals surface area contributed by atoms with Gasteiger partial charge in [0.1, 0.15) is 11.6 Å². The highest BCUT2D eigenvalue weighted by atomic mass is 19.1. The van der Waals surface area contributed by atoms with Crippen molar-refractivity contribution in [2.75, 3.05) is 17.7 Å². The molecule has 94 valence electrons. The van der Waals surface area contributed by atoms with Crippen molar-refractivity contribution in [1.82, 2.24) is 0 Å². The van der Waals surface area contributed by atoms with Crippen molar-refractivity contribution < 1.29 is 9.13 Å². The third-order valence-electron chi connectivity index (χ3n) is 2.47. The third kappa shape index (κ3) is 2.71. The van der Waals surface area contributed by atoms with Crippen LogP contribution in [0.4, 0.5) is 21.5 Å². The van der Waals surface area contributed by atoms with E-state index in [4.69, 9.17) is 10.5 Å². The summed E-state index contributed by atoms with van der Waals surface area (Å²) in [5, 5.41) is 3.07. The average molecular weight is 246 g/mol. The summed E-state index contributed by atoms with van der Waals surface area (Å²) in [6.07, 6.45) is 0. The molecule has 0 aliphatic carbocycles. The highest BCUT2D eigenvalue weighted by Crippen LogP contribution is 2.31. The van der Waals surface area contributed by atoms with E-state index in [-0.39, 0.29) is 5.82 Å². The minimum atomic E-state index is -0.292. The Morgan fingerprint density at radius 3 is 2.72 bits per heavy atom. The van der Waals surface area contributed by atoms with Crippen LogP contribution in [0.3, 0.4) is 0 Å². The lowest BCUT2D eigenvalue weighted by atomic mass is 10.2. The summed E-state index contributed by atoms with van der Waals surface area (Å²) in [5.41, 5.74) is 7.84. The minimum Gasteiger partial charge on any atom is -0.492 e. The smallest absolute Gasteiger partial charge is 0.144 e. The van der Waals surface area contributed by atoms with Gasteiger partial charge in [-0.3, -0.25) is 0 Å². The van der Waals surface area contributed by atoms with Crippen molar-refractivity contribution in [1.29, 1.82) is 0 Å². The van der Waals surface area contributed by atoms with Crippen LogP contribution in [0.1, 0.15) is 6.92 Å². The molecule has 0 atom stereocenters. The summed E-state index contributed by atoms with van der Waals surface area (Å²) < 4.78 is 18.5. The fraction of sp³-hybridized carbons (Fsp3) is 0.143. The van der Waals surface area contributed by atoms with Crippen molar-refractivity contribution in [3.05, 3.63) is 48.3 Å². The van der Waals surface area contributed by atoms with E-state index in [0.717, 1.165) is 0 Å². The number of nitrogens with two attached hydrogens (primary N) is 1. The fourth-order valence-electron chi connectivity index (χ4n) is 1.66. The Bertz CT molecular complexity index is 543. The molecule has 0 aromatic heterocycles. The number of hydrogen-bond acceptors (Lipinski definition) is 3. The summed E-state index contributed by atoms with van der Waals surface area (Å²) in [7, 11) is 0. The fourth-order valence-corrected chi connectivity index (χ4v) is 1.66. The topological polar surface area (TPSA) is 47.3 Å². The van der Waals surface area contributed by atoms with Crippen molar-refractivity contribution in [3.63, 3.8) is 0 Å². The van der Waals surface area contributed by atoms with Crippen molar-refractivity contribution in [3.8, 4) is 5.75 Å². The summed E-state index contributed by atoms with van der Waals surface area (Å²) in [6.45, 7) is 2.44. The number of hydrogen-bond donors (Lipinski definition) is 2. The monoisotopic (exact) mass is 246 g/mol. The largest absolute Gasteiger partial charge is 0.492 e. The van der Waals surface area contributed by atoms with Crippen LogP contribution in [-0.2, 0) is 0 Å². The number of ether oxygens (including phenoxy) is 1. The van der Waals surface area contributed by atoms with E-state index in [0.29, 0.717) is 29.4 Å². The van der Waals surface area contributed by atoms with Crippen LogP contribution in [0, 0.1) is 5.82 Å². The van der Waals surface area contributed by atoms with Crippen LogP contribution >= 0.6 is 0 Å². The molecule has 0 aliphatic heterocycles. The lowest BCUT2D eigenvalue weighted by Gasteiger charge is -2.13. The molecular weight excluding hydrogens is 231 g/mol. The molecule has 0 fully saturated rings. The third-order valence-corrected chi connectivity index (χ3v) is 2.47. The summed E-state index contributed by atoms with van der Waals surface area (Å²) in [4.78, 5) is 0. The van der Waals surface area contributed by atoms with E-state index in [2.05, 4.69) is 5.32 Å². The SMILES string of the molecule is CCOc1cccc(Nc2cccc(F)c2)c1N. The van der Waals surface area contributed by atoms with Crippen molar-refractivity contribution in [2.45, 2.75) is 6.92 Å². The van der Waals surface area contributed by atoms with E-state index in [1.54, 1.807) is 18.2 Å². The number of benzene rings is 2. The van der Waals surface area contributed by atoms with E-state index >= 15 is 0 Å². The zero-order valence-electron chi connectivity index (χ0n) is 10.1. The van der Waals surface area contributed by atoms with Crippen LogP contribution in [-0.4, -0.2) is 6.61 Å². The average Bonchev–Trinajstić information content (AvgIpc) is 2.35. The standard InChI is InChI=1S/C14H15FN2O/c1-2-18-13-8-4-7-12(14(13)16)17-11-6-3-5-10(15)9-11/h3-9,17H,2,16H2,1H3. The first-order valence-corrected chi connectivity index (χ1v) is 5.74. The van der Waals surface area contributed by atoms with Crippen LogP contribution in [0.25, 0.3) is 0 Å². The Hall–Kier alpha value is -2.23. The number of nitrogens with one attached hydrogen (secondary N) is 1. The van der Waals surface area contributed by atoms with Gasteiger partial charge in [-0.1, -0.05) is 12.1 Å². The van der Waals surface area contributed by atoms with Gasteiger partial charge in [0.05, 0.1) is 18.0 Å². The molecule has 2 rings (SSSR count). The Kier molecular flexibility index (Phi) is 3.67. The predicted octanol–water partition coefficient (Wildman–Crippen LogP) is 3.55. The van der Waals surface area contributed by atoms with E-state index in [1.807, 2.05) is 19.1 Å². The first kappa shape index (κ1) is 12.2. The van der Waals surface area contributed by atoms with Gasteiger partial charge >= 0.3 is 0 Å². The van der Waals surface area contributed by atoms with Gasteiger partial charge in [-0.2, -0.15) is 0 Å². The maximum absolute atomic E-state index is 13.1. The zero-order chi connectivity index (χ0) is 13.0. The second-order valence-electron chi connectivity index (χ2n) is 3.79. The Morgan fingerprint density at radius 2 is 2.00 bits per heavy atom. The molecule has 0 radical (unpaired) electrons. The summed E-state index contributed by atoms with van der Waals surface area (Å²) >= 11 is 0. The van der Waals surface area contributed by atoms with Gasteiger partial charge in [-0.25, -0.2) is 4.39 Å². The predicted molar refractivity (Wildman–Crippen MR) is 71.7 cm³/mol. The second-order valence-corrected chi connectivity index (χ2v) is 3.79. The molecule has 18 heavy (non-hydrogen) atoms. The molecule has 2 aromatic carbocycles. The maximum atomic E-state index is 13.1.